The number of carbonyl (C=O) groups is 1. The van der Waals surface area contributed by atoms with Crippen LogP contribution in [-0.2, 0) is 19.5 Å². The molecular weight excluding hydrogens is 323 g/mol. The third-order valence-electron chi connectivity index (χ3n) is 4.76. The molecular formula is C15H22F3N5O. The molecule has 0 aliphatic carbocycles. The lowest BCUT2D eigenvalue weighted by molar-refractivity contribution is -0.184. The molecule has 1 aromatic rings. The van der Waals surface area contributed by atoms with Crippen LogP contribution in [0.15, 0.2) is 0 Å². The third kappa shape index (κ3) is 3.81. The molecule has 2 amide bonds. The number of aromatic nitrogens is 3. The lowest BCUT2D eigenvalue weighted by Gasteiger charge is -2.33. The quantitative estimate of drug-likeness (QED) is 0.896. The van der Waals surface area contributed by atoms with Crippen molar-refractivity contribution in [3.63, 3.8) is 0 Å². The zero-order valence-corrected chi connectivity index (χ0v) is 13.5. The zero-order chi connectivity index (χ0) is 17.2. The van der Waals surface area contributed by atoms with Gasteiger partial charge in [-0.2, -0.15) is 13.2 Å². The molecule has 1 fully saturated rings. The summed E-state index contributed by atoms with van der Waals surface area (Å²) in [5, 5.41) is 11.0. The first-order valence-corrected chi connectivity index (χ1v) is 8.45. The number of alkyl halides is 3. The summed E-state index contributed by atoms with van der Waals surface area (Å²) < 4.78 is 40.5. The van der Waals surface area contributed by atoms with Crippen molar-refractivity contribution in [2.24, 2.45) is 5.92 Å². The Balaban J connectivity index is 1.57. The number of amides is 2. The van der Waals surface area contributed by atoms with Gasteiger partial charge in [0.1, 0.15) is 5.82 Å². The number of urea groups is 1. The van der Waals surface area contributed by atoms with Gasteiger partial charge in [0.25, 0.3) is 0 Å². The van der Waals surface area contributed by atoms with Crippen LogP contribution in [0.2, 0.25) is 0 Å². The van der Waals surface area contributed by atoms with E-state index in [0.717, 1.165) is 38.1 Å². The molecule has 0 saturated carbocycles. The molecule has 1 N–H and O–H groups in total. The Hall–Kier alpha value is -1.80. The largest absolute Gasteiger partial charge is 0.393 e. The number of halogens is 3. The molecule has 1 atom stereocenters. The smallest absolute Gasteiger partial charge is 0.331 e. The van der Waals surface area contributed by atoms with Gasteiger partial charge < -0.3 is 14.8 Å². The van der Waals surface area contributed by atoms with Crippen LogP contribution in [-0.4, -0.2) is 45.0 Å². The molecule has 0 spiro atoms. The fraction of sp³-hybridized carbons (Fsp3) is 0.800. The van der Waals surface area contributed by atoms with Crippen LogP contribution >= 0.6 is 0 Å². The van der Waals surface area contributed by atoms with Crippen molar-refractivity contribution in [1.29, 1.82) is 0 Å². The number of nitrogens with zero attached hydrogens (tertiary/aromatic N) is 4. The van der Waals surface area contributed by atoms with Gasteiger partial charge in [0.15, 0.2) is 5.82 Å². The van der Waals surface area contributed by atoms with E-state index in [4.69, 9.17) is 0 Å². The molecule has 1 saturated heterocycles. The standard InChI is InChI=1S/C15H22F3N5O/c16-15(17,18)11-5-4-7-22(10-11)14(24)19-9-13-21-20-12-6-2-1-3-8-23(12)13/h11H,1-10H2,(H,19,24)/t11-/m1/s1. The number of carbonyl (C=O) groups excluding carboxylic acids is 1. The number of hydrogen-bond donors (Lipinski definition) is 1. The molecule has 1 aromatic heterocycles. The predicted molar refractivity (Wildman–Crippen MR) is 80.2 cm³/mol. The minimum Gasteiger partial charge on any atom is -0.331 e. The number of aryl methyl sites for hydroxylation is 1. The van der Waals surface area contributed by atoms with Crippen LogP contribution in [0.3, 0.4) is 0 Å². The van der Waals surface area contributed by atoms with Gasteiger partial charge in [-0.25, -0.2) is 4.79 Å². The Labute approximate surface area is 138 Å². The maximum atomic E-state index is 12.8. The van der Waals surface area contributed by atoms with E-state index < -0.39 is 18.1 Å². The molecule has 0 bridgehead atoms. The van der Waals surface area contributed by atoms with Crippen molar-refractivity contribution in [2.45, 2.75) is 57.8 Å². The van der Waals surface area contributed by atoms with Crippen molar-refractivity contribution in [1.82, 2.24) is 25.0 Å². The first-order valence-electron chi connectivity index (χ1n) is 8.45. The van der Waals surface area contributed by atoms with Crippen LogP contribution in [0.1, 0.15) is 43.8 Å². The van der Waals surface area contributed by atoms with E-state index >= 15 is 0 Å². The van der Waals surface area contributed by atoms with E-state index in [1.165, 1.54) is 4.90 Å². The summed E-state index contributed by atoms with van der Waals surface area (Å²) in [6.45, 7) is 1.11. The number of hydrogen-bond acceptors (Lipinski definition) is 3. The van der Waals surface area contributed by atoms with Gasteiger partial charge in [0, 0.05) is 26.1 Å². The Bertz CT molecular complexity index is 586. The Morgan fingerprint density at radius 2 is 2.00 bits per heavy atom. The van der Waals surface area contributed by atoms with Crippen molar-refractivity contribution in [3.05, 3.63) is 11.6 Å². The van der Waals surface area contributed by atoms with Gasteiger partial charge in [0.05, 0.1) is 12.5 Å². The van der Waals surface area contributed by atoms with Crippen molar-refractivity contribution < 1.29 is 18.0 Å². The zero-order valence-electron chi connectivity index (χ0n) is 13.5. The first kappa shape index (κ1) is 17.0. The van der Waals surface area contributed by atoms with Crippen LogP contribution in [0.4, 0.5) is 18.0 Å². The molecule has 2 aliphatic rings. The van der Waals surface area contributed by atoms with Crippen molar-refractivity contribution >= 4 is 6.03 Å². The molecule has 0 radical (unpaired) electrons. The monoisotopic (exact) mass is 345 g/mol. The SMILES string of the molecule is O=C(NCc1nnc2n1CCCCC2)N1CCC[C@@H](C(F)(F)F)C1. The lowest BCUT2D eigenvalue weighted by Crippen LogP contribution is -2.48. The van der Waals surface area contributed by atoms with E-state index in [-0.39, 0.29) is 19.5 Å². The molecule has 3 heterocycles. The normalized spacial score (nSPS) is 22.0. The molecule has 0 unspecified atom stereocenters. The highest BCUT2D eigenvalue weighted by atomic mass is 19.4. The summed E-state index contributed by atoms with van der Waals surface area (Å²) in [6, 6.07) is -0.463. The highest BCUT2D eigenvalue weighted by Crippen LogP contribution is 2.33. The average Bonchev–Trinajstić information content (AvgIpc) is 2.78. The fourth-order valence-electron chi connectivity index (χ4n) is 3.37. The number of fused-ring (bicyclic) bond motifs is 1. The first-order chi connectivity index (χ1) is 11.4. The van der Waals surface area contributed by atoms with E-state index in [0.29, 0.717) is 18.8 Å². The molecule has 3 rings (SSSR count). The Morgan fingerprint density at radius 1 is 1.17 bits per heavy atom. The highest BCUT2D eigenvalue weighted by Gasteiger charge is 2.42. The van der Waals surface area contributed by atoms with Gasteiger partial charge in [-0.15, -0.1) is 10.2 Å². The van der Waals surface area contributed by atoms with E-state index in [2.05, 4.69) is 15.5 Å². The maximum Gasteiger partial charge on any atom is 0.393 e. The summed E-state index contributed by atoms with van der Waals surface area (Å²) >= 11 is 0. The molecule has 0 aromatic carbocycles. The summed E-state index contributed by atoms with van der Waals surface area (Å²) in [4.78, 5) is 13.4. The van der Waals surface area contributed by atoms with Crippen molar-refractivity contribution in [3.8, 4) is 0 Å². The summed E-state index contributed by atoms with van der Waals surface area (Å²) in [7, 11) is 0. The number of piperidine rings is 1. The molecule has 24 heavy (non-hydrogen) atoms. The van der Waals surface area contributed by atoms with Crippen LogP contribution in [0.25, 0.3) is 0 Å². The Kier molecular flexibility index (Phi) is 4.96. The van der Waals surface area contributed by atoms with Gasteiger partial charge in [0.2, 0.25) is 0 Å². The van der Waals surface area contributed by atoms with Gasteiger partial charge in [-0.3, -0.25) is 0 Å². The Morgan fingerprint density at radius 3 is 2.79 bits per heavy atom. The minimum absolute atomic E-state index is 0.0883. The number of rotatable bonds is 2. The van der Waals surface area contributed by atoms with Crippen molar-refractivity contribution in [2.75, 3.05) is 13.1 Å². The molecule has 2 aliphatic heterocycles. The number of likely N-dealkylation sites (tertiary alicyclic amines) is 1. The second-order valence-corrected chi connectivity index (χ2v) is 6.48. The third-order valence-corrected chi connectivity index (χ3v) is 4.76. The van der Waals surface area contributed by atoms with Gasteiger partial charge in [-0.05, 0) is 25.7 Å². The molecule has 6 nitrogen and oxygen atoms in total. The maximum absolute atomic E-state index is 12.8. The second-order valence-electron chi connectivity index (χ2n) is 6.48. The summed E-state index contributed by atoms with van der Waals surface area (Å²) in [6.07, 6.45) is 0.358. The minimum atomic E-state index is -4.25. The van der Waals surface area contributed by atoms with E-state index in [9.17, 15) is 18.0 Å². The fourth-order valence-corrected chi connectivity index (χ4v) is 3.37. The van der Waals surface area contributed by atoms with Crippen LogP contribution in [0.5, 0.6) is 0 Å². The molecule has 134 valence electrons. The average molecular weight is 345 g/mol. The van der Waals surface area contributed by atoms with E-state index in [1.807, 2.05) is 4.57 Å². The molecule has 9 heteroatoms. The van der Waals surface area contributed by atoms with Gasteiger partial charge in [-0.1, -0.05) is 6.42 Å². The van der Waals surface area contributed by atoms with Crippen LogP contribution < -0.4 is 5.32 Å². The van der Waals surface area contributed by atoms with E-state index in [1.54, 1.807) is 0 Å². The predicted octanol–water partition coefficient (Wildman–Crippen LogP) is 2.49. The second kappa shape index (κ2) is 6.98. The highest BCUT2D eigenvalue weighted by molar-refractivity contribution is 5.74. The van der Waals surface area contributed by atoms with Gasteiger partial charge >= 0.3 is 12.2 Å². The topological polar surface area (TPSA) is 63.1 Å². The summed E-state index contributed by atoms with van der Waals surface area (Å²) in [5.74, 6) is 0.165. The van der Waals surface area contributed by atoms with Crippen LogP contribution in [0, 0.1) is 5.92 Å². The lowest BCUT2D eigenvalue weighted by atomic mass is 9.98. The number of nitrogens with one attached hydrogen (secondary N) is 1. The summed E-state index contributed by atoms with van der Waals surface area (Å²) in [5.41, 5.74) is 0.